The summed E-state index contributed by atoms with van der Waals surface area (Å²) in [6.07, 6.45) is 7.96. The van der Waals surface area contributed by atoms with Crippen LogP contribution in [0.3, 0.4) is 0 Å². The van der Waals surface area contributed by atoms with Gasteiger partial charge in [0, 0.05) is 32.1 Å². The van der Waals surface area contributed by atoms with Gasteiger partial charge in [-0.3, -0.25) is 4.79 Å². The number of hydrogen-bond acceptors (Lipinski definition) is 6. The lowest BCUT2D eigenvalue weighted by atomic mass is 10.1. The summed E-state index contributed by atoms with van der Waals surface area (Å²) in [5.41, 5.74) is 0.442. The molecule has 1 aliphatic heterocycles. The van der Waals surface area contributed by atoms with Crippen molar-refractivity contribution in [3.05, 3.63) is 24.3 Å². The van der Waals surface area contributed by atoms with Crippen LogP contribution in [0.25, 0.3) is 0 Å². The van der Waals surface area contributed by atoms with Gasteiger partial charge in [-0.05, 0) is 19.3 Å². The molecule has 0 bridgehead atoms. The maximum absolute atomic E-state index is 12.6. The Hall–Kier alpha value is -1.57. The second kappa shape index (κ2) is 10.3. The summed E-state index contributed by atoms with van der Waals surface area (Å²) in [7, 11) is 0. The van der Waals surface area contributed by atoms with Crippen LogP contribution in [0, 0.1) is 0 Å². The zero-order valence-corrected chi connectivity index (χ0v) is 14.0. The normalized spacial score (nSPS) is 25.0. The summed E-state index contributed by atoms with van der Waals surface area (Å²) in [6, 6.07) is 0. The first-order valence-corrected chi connectivity index (χ1v) is 8.66. The Kier molecular flexibility index (Phi) is 8.07. The molecule has 0 saturated carbocycles. The van der Waals surface area contributed by atoms with E-state index in [0.717, 1.165) is 32.1 Å². The molecule has 1 fully saturated rings. The maximum Gasteiger partial charge on any atom is 0.256 e. The lowest BCUT2D eigenvalue weighted by Gasteiger charge is -2.26. The predicted molar refractivity (Wildman–Crippen MR) is 88.5 cm³/mol. The Balaban J connectivity index is 1.99. The van der Waals surface area contributed by atoms with Crippen LogP contribution in [-0.4, -0.2) is 69.5 Å². The van der Waals surface area contributed by atoms with Gasteiger partial charge in [0.25, 0.3) is 5.91 Å². The van der Waals surface area contributed by atoms with E-state index in [1.807, 2.05) is 0 Å². The van der Waals surface area contributed by atoms with E-state index in [0.29, 0.717) is 31.7 Å². The number of rotatable bonds is 1. The molecule has 1 aliphatic rings. The van der Waals surface area contributed by atoms with E-state index in [1.54, 1.807) is 4.90 Å². The summed E-state index contributed by atoms with van der Waals surface area (Å²) >= 11 is 0. The molecule has 2 rings (SSSR count). The minimum Gasteiger partial charge on any atom is -0.390 e. The van der Waals surface area contributed by atoms with Gasteiger partial charge < -0.3 is 19.8 Å². The molecule has 0 unspecified atom stereocenters. The average Bonchev–Trinajstić information content (AvgIpc) is 2.61. The zero-order valence-electron chi connectivity index (χ0n) is 14.0. The average molecular weight is 337 g/mol. The molecule has 24 heavy (non-hydrogen) atoms. The Bertz CT molecular complexity index is 486. The highest BCUT2D eigenvalue weighted by Gasteiger charge is 2.21. The van der Waals surface area contributed by atoms with Crippen molar-refractivity contribution in [3.8, 4) is 0 Å². The molecule has 2 atom stereocenters. The second-order valence-electron chi connectivity index (χ2n) is 6.19. The predicted octanol–water partition coefficient (Wildman–Crippen LogP) is 1.01. The Morgan fingerprint density at radius 2 is 1.75 bits per heavy atom. The quantitative estimate of drug-likeness (QED) is 0.794. The van der Waals surface area contributed by atoms with Crippen molar-refractivity contribution in [2.24, 2.45) is 0 Å². The monoisotopic (exact) mass is 337 g/mol. The maximum atomic E-state index is 12.6. The van der Waals surface area contributed by atoms with Gasteiger partial charge in [0.1, 0.15) is 12.4 Å². The van der Waals surface area contributed by atoms with E-state index >= 15 is 0 Å². The number of carbonyl (C=O) groups excluding carboxylic acids is 1. The standard InChI is InChI=1S/C17H27N3O4/c21-15-6-8-20(17(23)14-10-18-13-19-11-14)7-4-2-1-3-5-9-24-12-16(15)22/h10-11,13,15-16,21-22H,1-9,12H2/t15-,16+/m0/s1. The summed E-state index contributed by atoms with van der Waals surface area (Å²) in [5, 5.41) is 20.0. The molecule has 134 valence electrons. The minimum atomic E-state index is -0.926. The van der Waals surface area contributed by atoms with Gasteiger partial charge in [-0.1, -0.05) is 19.3 Å². The van der Waals surface area contributed by atoms with Gasteiger partial charge in [0.05, 0.1) is 18.3 Å². The molecule has 0 spiro atoms. The molecular formula is C17H27N3O4. The fraction of sp³-hybridized carbons (Fsp3) is 0.706. The first-order valence-electron chi connectivity index (χ1n) is 8.66. The van der Waals surface area contributed by atoms with E-state index < -0.39 is 12.2 Å². The molecule has 0 aliphatic carbocycles. The molecule has 0 aromatic carbocycles. The molecule has 1 aromatic heterocycles. The summed E-state index contributed by atoms with van der Waals surface area (Å²) in [4.78, 5) is 22.1. The Morgan fingerprint density at radius 3 is 2.54 bits per heavy atom. The molecule has 7 heteroatoms. The number of amides is 1. The van der Waals surface area contributed by atoms with Gasteiger partial charge in [-0.2, -0.15) is 0 Å². The van der Waals surface area contributed by atoms with Crippen molar-refractivity contribution in [2.75, 3.05) is 26.3 Å². The molecule has 1 aromatic rings. The van der Waals surface area contributed by atoms with Crippen molar-refractivity contribution in [1.82, 2.24) is 14.9 Å². The van der Waals surface area contributed by atoms with Crippen LogP contribution >= 0.6 is 0 Å². The third kappa shape index (κ3) is 6.14. The van der Waals surface area contributed by atoms with E-state index in [-0.39, 0.29) is 12.5 Å². The molecular weight excluding hydrogens is 310 g/mol. The lowest BCUT2D eigenvalue weighted by Crippen LogP contribution is -2.38. The number of hydrogen-bond donors (Lipinski definition) is 2. The van der Waals surface area contributed by atoms with E-state index in [4.69, 9.17) is 4.74 Å². The highest BCUT2D eigenvalue weighted by Crippen LogP contribution is 2.11. The van der Waals surface area contributed by atoms with Crippen LogP contribution in [0.4, 0.5) is 0 Å². The van der Waals surface area contributed by atoms with Crippen molar-refractivity contribution >= 4 is 5.91 Å². The summed E-state index contributed by atoms with van der Waals surface area (Å²) in [6.45, 7) is 1.75. The van der Waals surface area contributed by atoms with Crippen LogP contribution in [0.1, 0.15) is 48.9 Å². The van der Waals surface area contributed by atoms with Gasteiger partial charge in [0.2, 0.25) is 0 Å². The highest BCUT2D eigenvalue weighted by atomic mass is 16.5. The lowest BCUT2D eigenvalue weighted by molar-refractivity contribution is -0.0434. The fourth-order valence-electron chi connectivity index (χ4n) is 2.74. The Morgan fingerprint density at radius 1 is 1.04 bits per heavy atom. The van der Waals surface area contributed by atoms with E-state index in [2.05, 4.69) is 9.97 Å². The van der Waals surface area contributed by atoms with Crippen LogP contribution in [0.15, 0.2) is 18.7 Å². The molecule has 7 nitrogen and oxygen atoms in total. The first-order chi connectivity index (χ1) is 11.7. The van der Waals surface area contributed by atoms with Crippen molar-refractivity contribution < 1.29 is 19.7 Å². The molecule has 1 saturated heterocycles. The highest BCUT2D eigenvalue weighted by molar-refractivity contribution is 5.93. The van der Waals surface area contributed by atoms with Crippen molar-refractivity contribution in [3.63, 3.8) is 0 Å². The Labute approximate surface area is 142 Å². The largest absolute Gasteiger partial charge is 0.390 e. The van der Waals surface area contributed by atoms with Crippen molar-refractivity contribution in [2.45, 2.75) is 50.7 Å². The molecule has 1 amide bonds. The van der Waals surface area contributed by atoms with Crippen LogP contribution in [-0.2, 0) is 4.74 Å². The molecule has 2 heterocycles. The third-order valence-corrected chi connectivity index (χ3v) is 4.24. The van der Waals surface area contributed by atoms with Gasteiger partial charge >= 0.3 is 0 Å². The molecule has 2 N–H and O–H groups in total. The van der Waals surface area contributed by atoms with Crippen LogP contribution < -0.4 is 0 Å². The number of aliphatic hydroxyl groups excluding tert-OH is 2. The number of carbonyl (C=O) groups is 1. The number of aliphatic hydroxyl groups is 2. The molecule has 0 radical (unpaired) electrons. The summed E-state index contributed by atoms with van der Waals surface area (Å²) in [5.74, 6) is -0.138. The van der Waals surface area contributed by atoms with Crippen molar-refractivity contribution in [1.29, 1.82) is 0 Å². The van der Waals surface area contributed by atoms with Crippen LogP contribution in [0.5, 0.6) is 0 Å². The SMILES string of the molecule is O=C(c1cncnc1)N1CCCCCCCOC[C@@H](O)[C@@H](O)CC1. The third-order valence-electron chi connectivity index (χ3n) is 4.24. The minimum absolute atomic E-state index is 0.127. The topological polar surface area (TPSA) is 95.8 Å². The summed E-state index contributed by atoms with van der Waals surface area (Å²) < 4.78 is 5.40. The smallest absolute Gasteiger partial charge is 0.256 e. The first kappa shape index (κ1) is 18.8. The van der Waals surface area contributed by atoms with E-state index in [9.17, 15) is 15.0 Å². The van der Waals surface area contributed by atoms with Crippen LogP contribution in [0.2, 0.25) is 0 Å². The van der Waals surface area contributed by atoms with Gasteiger partial charge in [0.15, 0.2) is 0 Å². The zero-order chi connectivity index (χ0) is 17.2. The number of nitrogens with zero attached hydrogens (tertiary/aromatic N) is 3. The van der Waals surface area contributed by atoms with Gasteiger partial charge in [-0.25, -0.2) is 9.97 Å². The second-order valence-corrected chi connectivity index (χ2v) is 6.19. The number of aromatic nitrogens is 2. The number of ether oxygens (including phenoxy) is 1. The van der Waals surface area contributed by atoms with Gasteiger partial charge in [-0.15, -0.1) is 0 Å². The fourth-order valence-corrected chi connectivity index (χ4v) is 2.74. The van der Waals surface area contributed by atoms with E-state index in [1.165, 1.54) is 18.7 Å².